The SMILES string of the molecule is Cc1ccc(S(=O)(=O)N(C)CC(=O)NNC(=O)[C@H]2CCCO2)cc1. The molecule has 1 aromatic carbocycles. The minimum atomic E-state index is -3.77. The molecule has 0 radical (unpaired) electrons. The Morgan fingerprint density at radius 3 is 2.50 bits per heavy atom. The molecule has 0 bridgehead atoms. The Hall–Kier alpha value is -1.97. The molecule has 1 aromatic rings. The van der Waals surface area contributed by atoms with E-state index in [-0.39, 0.29) is 4.90 Å². The standard InChI is InChI=1S/C15H21N3O5S/c1-11-5-7-12(8-6-11)24(21,22)18(2)10-14(19)16-17-15(20)13-4-3-9-23-13/h5-8,13H,3-4,9-10H2,1-2H3,(H,16,19)(H,17,20)/t13-/m1/s1. The summed E-state index contributed by atoms with van der Waals surface area (Å²) in [6.45, 7) is 1.95. The highest BCUT2D eigenvalue weighted by molar-refractivity contribution is 7.89. The average molecular weight is 355 g/mol. The molecule has 2 rings (SSSR count). The summed E-state index contributed by atoms with van der Waals surface area (Å²) in [5.41, 5.74) is 5.38. The van der Waals surface area contributed by atoms with E-state index in [0.717, 1.165) is 16.3 Å². The Kier molecular flexibility index (Phi) is 5.92. The fraction of sp³-hybridized carbons (Fsp3) is 0.467. The number of benzene rings is 1. The molecule has 1 fully saturated rings. The van der Waals surface area contributed by atoms with Gasteiger partial charge in [-0.3, -0.25) is 20.4 Å². The fourth-order valence-electron chi connectivity index (χ4n) is 2.21. The summed E-state index contributed by atoms with van der Waals surface area (Å²) in [5.74, 6) is -1.08. The smallest absolute Gasteiger partial charge is 0.267 e. The van der Waals surface area contributed by atoms with Crippen molar-refractivity contribution in [1.82, 2.24) is 15.2 Å². The second-order valence-electron chi connectivity index (χ2n) is 5.61. The van der Waals surface area contributed by atoms with Crippen molar-refractivity contribution in [1.29, 1.82) is 0 Å². The molecule has 1 saturated heterocycles. The molecule has 0 saturated carbocycles. The number of nitrogens with one attached hydrogen (secondary N) is 2. The van der Waals surface area contributed by atoms with Crippen LogP contribution in [0.4, 0.5) is 0 Å². The van der Waals surface area contributed by atoms with Crippen LogP contribution in [0.1, 0.15) is 18.4 Å². The molecular formula is C15H21N3O5S. The van der Waals surface area contributed by atoms with Gasteiger partial charge in [0, 0.05) is 13.7 Å². The van der Waals surface area contributed by atoms with Crippen molar-refractivity contribution in [2.75, 3.05) is 20.2 Å². The molecule has 0 spiro atoms. The van der Waals surface area contributed by atoms with Crippen LogP contribution in [0.2, 0.25) is 0 Å². The van der Waals surface area contributed by atoms with Crippen LogP contribution < -0.4 is 10.9 Å². The summed E-state index contributed by atoms with van der Waals surface area (Å²) in [4.78, 5) is 23.6. The first-order chi connectivity index (χ1) is 11.3. The van der Waals surface area contributed by atoms with Crippen molar-refractivity contribution in [3.63, 3.8) is 0 Å². The number of likely N-dealkylation sites (N-methyl/N-ethyl adjacent to an activating group) is 1. The van der Waals surface area contributed by atoms with Gasteiger partial charge in [-0.05, 0) is 31.9 Å². The largest absolute Gasteiger partial charge is 0.368 e. The number of ether oxygens (including phenoxy) is 1. The van der Waals surface area contributed by atoms with Gasteiger partial charge in [0.2, 0.25) is 10.0 Å². The topological polar surface area (TPSA) is 105 Å². The summed E-state index contributed by atoms with van der Waals surface area (Å²) < 4.78 is 30.8. The molecule has 132 valence electrons. The van der Waals surface area contributed by atoms with Crippen LogP contribution >= 0.6 is 0 Å². The number of nitrogens with zero attached hydrogens (tertiary/aromatic N) is 1. The highest BCUT2D eigenvalue weighted by atomic mass is 32.2. The second-order valence-corrected chi connectivity index (χ2v) is 7.66. The number of carbonyl (C=O) groups excluding carboxylic acids is 2. The fourth-order valence-corrected chi connectivity index (χ4v) is 3.34. The van der Waals surface area contributed by atoms with E-state index in [9.17, 15) is 18.0 Å². The van der Waals surface area contributed by atoms with E-state index in [4.69, 9.17) is 4.74 Å². The van der Waals surface area contributed by atoms with Gasteiger partial charge >= 0.3 is 0 Å². The van der Waals surface area contributed by atoms with Crippen molar-refractivity contribution >= 4 is 21.8 Å². The number of hydrogen-bond donors (Lipinski definition) is 2. The number of hydrazine groups is 1. The van der Waals surface area contributed by atoms with E-state index in [2.05, 4.69) is 10.9 Å². The molecule has 24 heavy (non-hydrogen) atoms. The molecule has 0 aliphatic carbocycles. The average Bonchev–Trinajstić information content (AvgIpc) is 3.07. The quantitative estimate of drug-likeness (QED) is 0.720. The Labute approximate surface area is 141 Å². The lowest BCUT2D eigenvalue weighted by Gasteiger charge is -2.17. The van der Waals surface area contributed by atoms with Gasteiger partial charge in [-0.2, -0.15) is 4.31 Å². The van der Waals surface area contributed by atoms with Crippen LogP contribution in [0.25, 0.3) is 0 Å². The zero-order valence-electron chi connectivity index (χ0n) is 13.6. The Bertz CT molecular complexity index is 696. The minimum Gasteiger partial charge on any atom is -0.368 e. The van der Waals surface area contributed by atoms with Crippen molar-refractivity contribution in [3.05, 3.63) is 29.8 Å². The van der Waals surface area contributed by atoms with Gasteiger partial charge < -0.3 is 4.74 Å². The maximum atomic E-state index is 12.4. The van der Waals surface area contributed by atoms with Gasteiger partial charge in [0.25, 0.3) is 11.8 Å². The van der Waals surface area contributed by atoms with E-state index >= 15 is 0 Å². The highest BCUT2D eigenvalue weighted by Crippen LogP contribution is 2.14. The zero-order valence-corrected chi connectivity index (χ0v) is 14.4. The Morgan fingerprint density at radius 2 is 1.92 bits per heavy atom. The molecule has 1 atom stereocenters. The van der Waals surface area contributed by atoms with Crippen molar-refractivity contribution < 1.29 is 22.7 Å². The number of rotatable bonds is 5. The maximum absolute atomic E-state index is 12.4. The van der Waals surface area contributed by atoms with Crippen molar-refractivity contribution in [3.8, 4) is 0 Å². The van der Waals surface area contributed by atoms with Crippen LogP contribution in [0.5, 0.6) is 0 Å². The van der Waals surface area contributed by atoms with Crippen molar-refractivity contribution in [2.24, 2.45) is 0 Å². The van der Waals surface area contributed by atoms with Crippen LogP contribution in [-0.2, 0) is 24.3 Å². The highest BCUT2D eigenvalue weighted by Gasteiger charge is 2.25. The summed E-state index contributed by atoms with van der Waals surface area (Å²) in [6.07, 6.45) is 0.826. The molecular weight excluding hydrogens is 334 g/mol. The van der Waals surface area contributed by atoms with Gasteiger partial charge in [-0.25, -0.2) is 8.42 Å². The summed E-state index contributed by atoms with van der Waals surface area (Å²) in [5, 5.41) is 0. The molecule has 0 unspecified atom stereocenters. The van der Waals surface area contributed by atoms with Gasteiger partial charge in [-0.15, -0.1) is 0 Å². The first-order valence-corrected chi connectivity index (χ1v) is 8.98. The maximum Gasteiger partial charge on any atom is 0.267 e. The molecule has 1 aliphatic heterocycles. The number of amides is 2. The van der Waals surface area contributed by atoms with E-state index in [1.165, 1.54) is 19.2 Å². The lowest BCUT2D eigenvalue weighted by atomic mass is 10.2. The third-order valence-electron chi connectivity index (χ3n) is 3.64. The summed E-state index contributed by atoms with van der Waals surface area (Å²) in [7, 11) is -2.47. The third-order valence-corrected chi connectivity index (χ3v) is 5.46. The summed E-state index contributed by atoms with van der Waals surface area (Å²) >= 11 is 0. The van der Waals surface area contributed by atoms with Gasteiger partial charge in [0.1, 0.15) is 6.10 Å². The predicted octanol–water partition coefficient (Wildman–Crippen LogP) is -0.0581. The number of hydrogen-bond acceptors (Lipinski definition) is 5. The van der Waals surface area contributed by atoms with Gasteiger partial charge in [-0.1, -0.05) is 17.7 Å². The van der Waals surface area contributed by atoms with E-state index in [1.807, 2.05) is 6.92 Å². The Morgan fingerprint density at radius 1 is 1.25 bits per heavy atom. The van der Waals surface area contributed by atoms with Crippen LogP contribution in [0.15, 0.2) is 29.2 Å². The normalized spacial score (nSPS) is 17.7. The predicted molar refractivity (Wildman–Crippen MR) is 86.3 cm³/mol. The minimum absolute atomic E-state index is 0.104. The molecule has 1 aliphatic rings. The van der Waals surface area contributed by atoms with Crippen LogP contribution in [-0.4, -0.2) is 50.8 Å². The van der Waals surface area contributed by atoms with E-state index < -0.39 is 34.5 Å². The molecule has 9 heteroatoms. The molecule has 1 heterocycles. The lowest BCUT2D eigenvalue weighted by Crippen LogP contribution is -2.49. The van der Waals surface area contributed by atoms with E-state index in [1.54, 1.807) is 12.1 Å². The first kappa shape index (κ1) is 18.4. The number of aryl methyl sites for hydroxylation is 1. The zero-order chi connectivity index (χ0) is 17.7. The van der Waals surface area contributed by atoms with E-state index in [0.29, 0.717) is 13.0 Å². The Balaban J connectivity index is 1.88. The first-order valence-electron chi connectivity index (χ1n) is 7.54. The summed E-state index contributed by atoms with van der Waals surface area (Å²) in [6, 6.07) is 6.34. The third kappa shape index (κ3) is 4.53. The van der Waals surface area contributed by atoms with Crippen LogP contribution in [0.3, 0.4) is 0 Å². The van der Waals surface area contributed by atoms with Gasteiger partial charge in [0.15, 0.2) is 0 Å². The monoisotopic (exact) mass is 355 g/mol. The second kappa shape index (κ2) is 7.73. The molecule has 2 amide bonds. The molecule has 8 nitrogen and oxygen atoms in total. The lowest BCUT2D eigenvalue weighted by molar-refractivity contribution is -0.134. The van der Waals surface area contributed by atoms with Crippen LogP contribution in [0, 0.1) is 6.92 Å². The molecule has 0 aromatic heterocycles. The number of sulfonamides is 1. The number of carbonyl (C=O) groups is 2. The molecule has 2 N–H and O–H groups in total. The van der Waals surface area contributed by atoms with Gasteiger partial charge in [0.05, 0.1) is 11.4 Å². The van der Waals surface area contributed by atoms with Crippen molar-refractivity contribution in [2.45, 2.75) is 30.8 Å².